The van der Waals surface area contributed by atoms with Crippen molar-refractivity contribution in [3.8, 4) is 0 Å². The summed E-state index contributed by atoms with van der Waals surface area (Å²) in [7, 11) is 0. The molecule has 1 heterocycles. The Morgan fingerprint density at radius 2 is 1.85 bits per heavy atom. The Morgan fingerprint density at radius 1 is 1.23 bits per heavy atom. The van der Waals surface area contributed by atoms with E-state index >= 15 is 0 Å². The van der Waals surface area contributed by atoms with E-state index in [1.54, 1.807) is 6.08 Å². The second-order valence-electron chi connectivity index (χ2n) is 7.30. The van der Waals surface area contributed by atoms with Crippen LogP contribution in [0.15, 0.2) is 23.4 Å². The summed E-state index contributed by atoms with van der Waals surface area (Å²) in [6, 6.07) is 1.04. The summed E-state index contributed by atoms with van der Waals surface area (Å²) in [6.45, 7) is 3.66. The fourth-order valence-corrected chi connectivity index (χ4v) is 4.68. The van der Waals surface area contributed by atoms with Gasteiger partial charge < -0.3 is 0 Å². The maximum absolute atomic E-state index is 12.0. The molecular weight excluding hydrogens is 348 g/mol. The SMILES string of the molecule is C=CCSCC(=O)Nc1c[n+](N(C2CCCCC2)C2CCCCC2)no1. The molecule has 1 amide bonds. The molecule has 0 radical (unpaired) electrons. The Labute approximate surface area is 160 Å². The number of rotatable bonds is 8. The van der Waals surface area contributed by atoms with E-state index in [1.807, 2.05) is 11.0 Å². The Morgan fingerprint density at radius 3 is 2.42 bits per heavy atom. The molecule has 26 heavy (non-hydrogen) atoms. The fraction of sp³-hybridized carbons (Fsp3) is 0.737. The molecule has 0 aromatic carbocycles. The zero-order chi connectivity index (χ0) is 18.2. The zero-order valence-corrected chi connectivity index (χ0v) is 16.4. The van der Waals surface area contributed by atoms with Crippen molar-refractivity contribution in [2.45, 2.75) is 76.3 Å². The van der Waals surface area contributed by atoms with Gasteiger partial charge in [-0.15, -0.1) is 23.3 Å². The van der Waals surface area contributed by atoms with Gasteiger partial charge in [0.15, 0.2) is 0 Å². The van der Waals surface area contributed by atoms with Crippen molar-refractivity contribution in [1.29, 1.82) is 0 Å². The molecule has 7 heteroatoms. The number of amides is 1. The number of anilines is 1. The highest BCUT2D eigenvalue weighted by atomic mass is 32.2. The predicted octanol–water partition coefficient (Wildman–Crippen LogP) is 3.42. The van der Waals surface area contributed by atoms with Gasteiger partial charge in [0.25, 0.3) is 6.20 Å². The smallest absolute Gasteiger partial charge is 0.288 e. The number of nitrogens with one attached hydrogen (secondary N) is 1. The first-order chi connectivity index (χ1) is 12.8. The van der Waals surface area contributed by atoms with E-state index in [0.717, 1.165) is 5.75 Å². The molecule has 2 aliphatic carbocycles. The first-order valence-corrected chi connectivity index (χ1v) is 11.1. The molecular formula is C19H31N4O2S+. The number of hydrogen-bond acceptors (Lipinski definition) is 5. The van der Waals surface area contributed by atoms with E-state index in [0.29, 0.717) is 23.7 Å². The summed E-state index contributed by atoms with van der Waals surface area (Å²) in [4.78, 5) is 13.9. The molecule has 6 nitrogen and oxygen atoms in total. The third-order valence-electron chi connectivity index (χ3n) is 5.32. The van der Waals surface area contributed by atoms with Crippen LogP contribution in [-0.4, -0.2) is 34.8 Å². The zero-order valence-electron chi connectivity index (χ0n) is 15.6. The average molecular weight is 380 g/mol. The first kappa shape index (κ1) is 19.3. The van der Waals surface area contributed by atoms with Crippen molar-refractivity contribution in [3.05, 3.63) is 18.9 Å². The van der Waals surface area contributed by atoms with Crippen LogP contribution in [0.5, 0.6) is 0 Å². The highest BCUT2D eigenvalue weighted by Crippen LogP contribution is 2.27. The maximum Gasteiger partial charge on any atom is 0.305 e. The number of carbonyl (C=O) groups is 1. The number of thioether (sulfide) groups is 1. The molecule has 0 aliphatic heterocycles. The highest BCUT2D eigenvalue weighted by Gasteiger charge is 2.37. The minimum atomic E-state index is -0.0676. The van der Waals surface area contributed by atoms with Gasteiger partial charge in [-0.2, -0.15) is 0 Å². The number of carbonyl (C=O) groups excluding carboxylic acids is 1. The first-order valence-electron chi connectivity index (χ1n) is 9.93. The van der Waals surface area contributed by atoms with Crippen LogP contribution in [0.25, 0.3) is 0 Å². The van der Waals surface area contributed by atoms with Gasteiger partial charge in [-0.25, -0.2) is 0 Å². The van der Waals surface area contributed by atoms with Gasteiger partial charge in [-0.1, -0.05) is 44.6 Å². The second kappa shape index (κ2) is 10.00. The van der Waals surface area contributed by atoms with Crippen LogP contribution in [0.4, 0.5) is 5.88 Å². The van der Waals surface area contributed by atoms with Crippen molar-refractivity contribution in [3.63, 3.8) is 0 Å². The number of nitrogens with zero attached hydrogens (tertiary/aromatic N) is 3. The fourth-order valence-electron chi connectivity index (χ4n) is 4.13. The summed E-state index contributed by atoms with van der Waals surface area (Å²) in [5.41, 5.74) is 0. The molecule has 0 spiro atoms. The molecule has 2 saturated carbocycles. The van der Waals surface area contributed by atoms with Crippen LogP contribution in [0.2, 0.25) is 0 Å². The molecule has 0 bridgehead atoms. The lowest BCUT2D eigenvalue weighted by molar-refractivity contribution is -0.766. The third kappa shape index (κ3) is 5.25. The van der Waals surface area contributed by atoms with Crippen LogP contribution in [0.1, 0.15) is 64.2 Å². The number of aromatic nitrogens is 2. The van der Waals surface area contributed by atoms with Crippen LogP contribution < -0.4 is 15.1 Å². The second-order valence-corrected chi connectivity index (χ2v) is 8.33. The normalized spacial score (nSPS) is 19.2. The quantitative estimate of drug-likeness (QED) is 0.426. The lowest BCUT2D eigenvalue weighted by atomic mass is 9.90. The van der Waals surface area contributed by atoms with Crippen LogP contribution in [-0.2, 0) is 4.79 Å². The van der Waals surface area contributed by atoms with E-state index in [9.17, 15) is 4.79 Å². The van der Waals surface area contributed by atoms with Crippen molar-refractivity contribution in [1.82, 2.24) is 5.27 Å². The molecule has 0 saturated heterocycles. The molecule has 2 aliphatic rings. The highest BCUT2D eigenvalue weighted by molar-refractivity contribution is 8.00. The molecule has 1 N–H and O–H groups in total. The van der Waals surface area contributed by atoms with Gasteiger partial charge in [0.2, 0.25) is 11.2 Å². The van der Waals surface area contributed by atoms with E-state index in [4.69, 9.17) is 4.52 Å². The van der Waals surface area contributed by atoms with Gasteiger partial charge in [0.1, 0.15) is 0 Å². The Hall–Kier alpha value is -1.50. The standard InChI is InChI=1S/C19H30N4O2S/c1-2-13-26-15-18(24)20-19-14-22(21-25-19)23(16-9-5-3-6-10-16)17-11-7-4-8-12-17/h2,14,16-17H,1,3-13,15H2/p+1. The van der Waals surface area contributed by atoms with E-state index in [2.05, 4.69) is 22.2 Å². The van der Waals surface area contributed by atoms with Crippen LogP contribution >= 0.6 is 11.8 Å². The van der Waals surface area contributed by atoms with Gasteiger partial charge in [-0.05, 0) is 25.7 Å². The largest absolute Gasteiger partial charge is 0.305 e. The van der Waals surface area contributed by atoms with Gasteiger partial charge in [0.05, 0.1) is 22.6 Å². The monoisotopic (exact) mass is 379 g/mol. The van der Waals surface area contributed by atoms with Crippen molar-refractivity contribution < 1.29 is 14.1 Å². The molecule has 1 aromatic heterocycles. The molecule has 3 rings (SSSR count). The topological polar surface area (TPSA) is 62.3 Å². The molecule has 144 valence electrons. The van der Waals surface area contributed by atoms with Crippen LogP contribution in [0, 0.1) is 0 Å². The Bertz CT molecular complexity index is 562. The lowest BCUT2D eigenvalue weighted by Gasteiger charge is -2.35. The van der Waals surface area contributed by atoms with Crippen molar-refractivity contribution >= 4 is 23.6 Å². The maximum atomic E-state index is 12.0. The summed E-state index contributed by atoms with van der Waals surface area (Å²) in [5, 5.41) is 9.49. The molecule has 2 fully saturated rings. The van der Waals surface area contributed by atoms with E-state index < -0.39 is 0 Å². The Kier molecular flexibility index (Phi) is 7.41. The van der Waals surface area contributed by atoms with Crippen molar-refractivity contribution in [2.75, 3.05) is 21.8 Å². The van der Waals surface area contributed by atoms with E-state index in [-0.39, 0.29) is 5.91 Å². The minimum absolute atomic E-state index is 0.0676. The summed E-state index contributed by atoms with van der Waals surface area (Å²) in [5.74, 6) is 1.51. The number of hydrogen-bond donors (Lipinski definition) is 1. The van der Waals surface area contributed by atoms with Gasteiger partial charge in [-0.3, -0.25) is 14.6 Å². The predicted molar refractivity (Wildman–Crippen MR) is 105 cm³/mol. The van der Waals surface area contributed by atoms with E-state index in [1.165, 1.54) is 76.0 Å². The summed E-state index contributed by atoms with van der Waals surface area (Å²) in [6.07, 6.45) is 16.3. The van der Waals surface area contributed by atoms with Gasteiger partial charge >= 0.3 is 5.88 Å². The van der Waals surface area contributed by atoms with Crippen LogP contribution in [0.3, 0.4) is 0 Å². The summed E-state index contributed by atoms with van der Waals surface area (Å²) < 4.78 is 5.41. The average Bonchev–Trinajstić information content (AvgIpc) is 3.12. The molecule has 0 atom stereocenters. The minimum Gasteiger partial charge on any atom is -0.288 e. The van der Waals surface area contributed by atoms with Gasteiger partial charge in [0, 0.05) is 5.75 Å². The molecule has 0 unspecified atom stereocenters. The third-order valence-corrected chi connectivity index (χ3v) is 6.26. The van der Waals surface area contributed by atoms with Crippen molar-refractivity contribution in [2.24, 2.45) is 0 Å². The Balaban J connectivity index is 1.67. The molecule has 1 aromatic rings. The summed E-state index contributed by atoms with van der Waals surface area (Å²) >= 11 is 1.53. The lowest BCUT2D eigenvalue weighted by Crippen LogP contribution is -2.68.